The van der Waals surface area contributed by atoms with Crippen molar-refractivity contribution in [3.8, 4) is 5.75 Å². The summed E-state index contributed by atoms with van der Waals surface area (Å²) in [6.45, 7) is 1.45. The highest BCUT2D eigenvalue weighted by molar-refractivity contribution is 5.82. The number of nitrogens with zero attached hydrogens (tertiary/aromatic N) is 2. The minimum absolute atomic E-state index is 0.103. The van der Waals surface area contributed by atoms with Gasteiger partial charge in [-0.3, -0.25) is 9.59 Å². The van der Waals surface area contributed by atoms with Gasteiger partial charge in [-0.1, -0.05) is 51.0 Å². The first-order valence-corrected chi connectivity index (χ1v) is 13.6. The average molecular weight is 481 g/mol. The molecule has 35 heavy (non-hydrogen) atoms. The fourth-order valence-corrected chi connectivity index (χ4v) is 7.06. The number of fused-ring (bicyclic) bond motifs is 1. The van der Waals surface area contributed by atoms with Crippen molar-refractivity contribution in [2.24, 2.45) is 11.3 Å². The summed E-state index contributed by atoms with van der Waals surface area (Å²) in [7, 11) is 1.60. The number of ether oxygens (including phenoxy) is 1. The van der Waals surface area contributed by atoms with E-state index < -0.39 is 5.60 Å². The lowest BCUT2D eigenvalue weighted by Crippen LogP contribution is -2.62. The molecule has 2 aliphatic carbocycles. The van der Waals surface area contributed by atoms with Crippen LogP contribution < -0.4 is 10.3 Å². The standard InChI is InChI=1S/C29H40N2O4/c1-35-24-11-10-23-13-17-31(27(33)25(23)19-24)21-29(34)16-18-30(20-28(29)14-5-6-15-28)26(32)12-9-22-7-3-2-4-8-22/h10-11,13,17,19,22,34H,2-9,12,14-16,18,20-21H2,1H3. The maximum absolute atomic E-state index is 13.4. The van der Waals surface area contributed by atoms with Crippen LogP contribution in [0.2, 0.25) is 0 Å². The number of pyridine rings is 1. The van der Waals surface area contributed by atoms with Crippen LogP contribution in [0.3, 0.4) is 0 Å². The van der Waals surface area contributed by atoms with Gasteiger partial charge in [0.15, 0.2) is 0 Å². The Labute approximate surface area is 208 Å². The summed E-state index contributed by atoms with van der Waals surface area (Å²) in [4.78, 5) is 28.6. The van der Waals surface area contributed by atoms with E-state index in [-0.39, 0.29) is 23.4 Å². The Balaban J connectivity index is 1.34. The molecule has 1 N–H and O–H groups in total. The van der Waals surface area contributed by atoms with Gasteiger partial charge in [0.05, 0.1) is 24.6 Å². The summed E-state index contributed by atoms with van der Waals surface area (Å²) in [6.07, 6.45) is 14.4. The van der Waals surface area contributed by atoms with Crippen LogP contribution in [0.4, 0.5) is 0 Å². The van der Waals surface area contributed by atoms with Gasteiger partial charge >= 0.3 is 0 Å². The Bertz CT molecular complexity index is 1110. The zero-order chi connectivity index (χ0) is 24.5. The Morgan fingerprint density at radius 2 is 1.86 bits per heavy atom. The van der Waals surface area contributed by atoms with Crippen LogP contribution in [0.1, 0.15) is 77.0 Å². The SMILES string of the molecule is COc1ccc2ccn(CC3(O)CCN(C(=O)CCC4CCCCC4)CC34CCCC4)c(=O)c2c1. The van der Waals surface area contributed by atoms with Crippen LogP contribution in [-0.4, -0.2) is 46.3 Å². The Morgan fingerprint density at radius 1 is 1.09 bits per heavy atom. The Kier molecular flexibility index (Phi) is 6.93. The molecule has 190 valence electrons. The number of piperidine rings is 1. The third-order valence-electron chi connectivity index (χ3n) is 9.30. The number of methoxy groups -OCH3 is 1. The van der Waals surface area contributed by atoms with Gasteiger partial charge in [-0.05, 0) is 55.2 Å². The molecule has 1 unspecified atom stereocenters. The largest absolute Gasteiger partial charge is 0.497 e. The lowest BCUT2D eigenvalue weighted by Gasteiger charge is -2.52. The van der Waals surface area contributed by atoms with Crippen molar-refractivity contribution in [1.82, 2.24) is 9.47 Å². The van der Waals surface area contributed by atoms with Crippen LogP contribution in [0.25, 0.3) is 10.8 Å². The molecule has 2 saturated carbocycles. The van der Waals surface area contributed by atoms with E-state index in [9.17, 15) is 14.7 Å². The molecule has 5 rings (SSSR count). The predicted molar refractivity (Wildman–Crippen MR) is 138 cm³/mol. The first-order valence-electron chi connectivity index (χ1n) is 13.6. The molecule has 6 nitrogen and oxygen atoms in total. The first-order chi connectivity index (χ1) is 16.9. The zero-order valence-corrected chi connectivity index (χ0v) is 21.1. The fourth-order valence-electron chi connectivity index (χ4n) is 7.06. The lowest BCUT2D eigenvalue weighted by atomic mass is 9.65. The minimum Gasteiger partial charge on any atom is -0.497 e. The number of hydrogen-bond donors (Lipinski definition) is 1. The Morgan fingerprint density at radius 3 is 2.60 bits per heavy atom. The second kappa shape index (κ2) is 9.96. The van der Waals surface area contributed by atoms with E-state index in [4.69, 9.17) is 4.74 Å². The highest BCUT2D eigenvalue weighted by Crippen LogP contribution is 2.51. The molecule has 2 aromatic rings. The summed E-state index contributed by atoms with van der Waals surface area (Å²) in [5.41, 5.74) is -1.44. The molecular weight excluding hydrogens is 440 g/mol. The second-order valence-electron chi connectivity index (χ2n) is 11.3. The molecule has 1 saturated heterocycles. The first kappa shape index (κ1) is 24.4. The monoisotopic (exact) mass is 480 g/mol. The topological polar surface area (TPSA) is 71.8 Å². The van der Waals surface area contributed by atoms with E-state index in [2.05, 4.69) is 0 Å². The number of benzene rings is 1. The average Bonchev–Trinajstić information content (AvgIpc) is 3.36. The molecule has 1 aliphatic heterocycles. The number of amides is 1. The smallest absolute Gasteiger partial charge is 0.258 e. The number of carbonyl (C=O) groups is 1. The van der Waals surface area contributed by atoms with Gasteiger partial charge in [0, 0.05) is 31.1 Å². The van der Waals surface area contributed by atoms with E-state index in [1.807, 2.05) is 23.1 Å². The van der Waals surface area contributed by atoms with Gasteiger partial charge in [0.25, 0.3) is 5.56 Å². The van der Waals surface area contributed by atoms with Crippen molar-refractivity contribution >= 4 is 16.7 Å². The van der Waals surface area contributed by atoms with Gasteiger partial charge in [0.1, 0.15) is 5.75 Å². The van der Waals surface area contributed by atoms with Gasteiger partial charge in [0.2, 0.25) is 5.91 Å². The summed E-state index contributed by atoms with van der Waals surface area (Å²) in [6, 6.07) is 7.46. The van der Waals surface area contributed by atoms with Crippen molar-refractivity contribution < 1.29 is 14.6 Å². The molecule has 1 atom stereocenters. The van der Waals surface area contributed by atoms with E-state index in [1.165, 1.54) is 32.1 Å². The van der Waals surface area contributed by atoms with Crippen molar-refractivity contribution in [3.63, 3.8) is 0 Å². The number of carbonyl (C=O) groups excluding carboxylic acids is 1. The van der Waals surface area contributed by atoms with E-state index in [1.54, 1.807) is 23.9 Å². The molecule has 1 spiro atoms. The molecule has 3 aliphatic rings. The number of hydrogen-bond acceptors (Lipinski definition) is 4. The third-order valence-corrected chi connectivity index (χ3v) is 9.30. The molecule has 0 bridgehead atoms. The fraction of sp³-hybridized carbons (Fsp3) is 0.655. The van der Waals surface area contributed by atoms with Crippen molar-refractivity contribution in [1.29, 1.82) is 0 Å². The van der Waals surface area contributed by atoms with Gasteiger partial charge in [-0.2, -0.15) is 0 Å². The van der Waals surface area contributed by atoms with Gasteiger partial charge in [-0.25, -0.2) is 0 Å². The van der Waals surface area contributed by atoms with Crippen molar-refractivity contribution in [2.45, 2.75) is 89.2 Å². The summed E-state index contributed by atoms with van der Waals surface area (Å²) in [5, 5.41) is 13.6. The lowest BCUT2D eigenvalue weighted by molar-refractivity contribution is -0.160. The van der Waals surface area contributed by atoms with Gasteiger partial charge < -0.3 is 19.3 Å². The molecule has 3 fully saturated rings. The molecule has 6 heteroatoms. The van der Waals surface area contributed by atoms with Crippen LogP contribution in [-0.2, 0) is 11.3 Å². The number of aliphatic hydroxyl groups is 1. The number of rotatable bonds is 6. The number of aromatic nitrogens is 1. The van der Waals surface area contributed by atoms with Crippen molar-refractivity contribution in [3.05, 3.63) is 40.8 Å². The molecule has 1 aromatic heterocycles. The number of likely N-dealkylation sites (tertiary alicyclic amines) is 1. The maximum atomic E-state index is 13.4. The summed E-state index contributed by atoms with van der Waals surface area (Å²) < 4.78 is 6.99. The molecule has 1 aromatic carbocycles. The van der Waals surface area contributed by atoms with Crippen LogP contribution in [0, 0.1) is 11.3 Å². The quantitative estimate of drug-likeness (QED) is 0.639. The predicted octanol–water partition coefficient (Wildman–Crippen LogP) is 4.89. The van der Waals surface area contributed by atoms with Crippen molar-refractivity contribution in [2.75, 3.05) is 20.2 Å². The minimum atomic E-state index is -1.000. The van der Waals surface area contributed by atoms with Gasteiger partial charge in [-0.15, -0.1) is 0 Å². The van der Waals surface area contributed by atoms with Crippen LogP contribution >= 0.6 is 0 Å². The molecule has 2 heterocycles. The van der Waals surface area contributed by atoms with Crippen LogP contribution in [0.15, 0.2) is 35.3 Å². The second-order valence-corrected chi connectivity index (χ2v) is 11.3. The molecular formula is C29H40N2O4. The van der Waals surface area contributed by atoms with E-state index >= 15 is 0 Å². The summed E-state index contributed by atoms with van der Waals surface area (Å²) in [5.74, 6) is 1.60. The van der Waals surface area contributed by atoms with E-state index in [0.717, 1.165) is 37.5 Å². The van der Waals surface area contributed by atoms with Crippen LogP contribution in [0.5, 0.6) is 5.75 Å². The normalized spacial score (nSPS) is 24.8. The highest BCUT2D eigenvalue weighted by Gasteiger charge is 2.55. The molecule has 0 radical (unpaired) electrons. The molecule has 1 amide bonds. The third kappa shape index (κ3) is 4.74. The highest BCUT2D eigenvalue weighted by atomic mass is 16.5. The summed E-state index contributed by atoms with van der Waals surface area (Å²) >= 11 is 0. The van der Waals surface area contributed by atoms with E-state index in [0.29, 0.717) is 43.0 Å². The maximum Gasteiger partial charge on any atom is 0.258 e. The zero-order valence-electron chi connectivity index (χ0n) is 21.1. The Hall–Kier alpha value is -2.34.